The number of fused-ring (bicyclic) bond motifs is 4. The molecule has 2 aliphatic rings. The summed E-state index contributed by atoms with van der Waals surface area (Å²) in [6.07, 6.45) is 5.44. The molecule has 0 N–H and O–H groups in total. The molecule has 0 radical (unpaired) electrons. The average Bonchev–Trinajstić information content (AvgIpc) is 3.99. The quantitative estimate of drug-likeness (QED) is 0.0945. The second-order valence-corrected chi connectivity index (χ2v) is 28.1. The van der Waals surface area contributed by atoms with Gasteiger partial charge in [-0.1, -0.05) is 117 Å². The Morgan fingerprint density at radius 3 is 0.860 bits per heavy atom. The van der Waals surface area contributed by atoms with Crippen molar-refractivity contribution >= 4 is 59.2 Å². The summed E-state index contributed by atoms with van der Waals surface area (Å²) in [7, 11) is -3.78. The summed E-state index contributed by atoms with van der Waals surface area (Å²) >= 11 is 0. The van der Waals surface area contributed by atoms with Gasteiger partial charge in [0.2, 0.25) is 0 Å². The maximum absolute atomic E-state index is 4.23. The third kappa shape index (κ3) is 5.49. The van der Waals surface area contributed by atoms with Crippen LogP contribution >= 0.6 is 0 Å². The fourth-order valence-electron chi connectivity index (χ4n) is 10.2. The maximum Gasteiger partial charge on any atom is 0.147 e. The first-order valence-electron chi connectivity index (χ1n) is 19.6. The third-order valence-corrected chi connectivity index (χ3v) is 26.0. The van der Waals surface area contributed by atoms with Gasteiger partial charge in [-0.2, -0.15) is 0 Å². The van der Waals surface area contributed by atoms with E-state index in [2.05, 4.69) is 155 Å². The van der Waals surface area contributed by atoms with E-state index < -0.39 is 16.1 Å². The van der Waals surface area contributed by atoms with Gasteiger partial charge in [0, 0.05) is 11.1 Å². The molecule has 2 heteroatoms. The van der Waals surface area contributed by atoms with Crippen LogP contribution in [-0.2, 0) is 0 Å². The smallest absolute Gasteiger partial charge is 0.125 e. The van der Waals surface area contributed by atoms with Crippen molar-refractivity contribution in [2.45, 2.75) is 142 Å². The fraction of sp³-hybridized carbons (Fsp3) is 0.458. The van der Waals surface area contributed by atoms with Crippen molar-refractivity contribution in [3.8, 4) is 22.9 Å². The Morgan fingerprint density at radius 2 is 0.660 bits per heavy atom. The summed E-state index contributed by atoms with van der Waals surface area (Å²) in [5, 5.41) is 10.5. The van der Waals surface area contributed by atoms with Crippen LogP contribution in [0.15, 0.2) is 48.5 Å². The highest BCUT2D eigenvalue weighted by Crippen LogP contribution is 2.55. The van der Waals surface area contributed by atoms with Crippen molar-refractivity contribution in [1.29, 1.82) is 0 Å². The van der Waals surface area contributed by atoms with Crippen LogP contribution in [0.25, 0.3) is 43.1 Å². The van der Waals surface area contributed by atoms with Crippen LogP contribution in [0.4, 0.5) is 0 Å². The summed E-state index contributed by atoms with van der Waals surface area (Å²) in [5.74, 6) is 8.18. The number of benzene rings is 5. The molecule has 50 heavy (non-hydrogen) atoms. The zero-order valence-electron chi connectivity index (χ0n) is 32.9. The Morgan fingerprint density at radius 1 is 0.420 bits per heavy atom. The molecule has 2 fully saturated rings. The van der Waals surface area contributed by atoms with Crippen LogP contribution in [0.5, 0.6) is 0 Å². The van der Waals surface area contributed by atoms with E-state index >= 15 is 0 Å². The highest BCUT2D eigenvalue weighted by Gasteiger charge is 2.52. The molecule has 0 nitrogen and oxygen atoms in total. The largest absolute Gasteiger partial charge is 0.147 e. The molecule has 5 aromatic rings. The predicted octanol–water partition coefficient (Wildman–Crippen LogP) is 14.2. The van der Waals surface area contributed by atoms with Gasteiger partial charge >= 0.3 is 0 Å². The van der Waals surface area contributed by atoms with Crippen molar-refractivity contribution in [3.05, 3.63) is 81.9 Å². The number of hydrogen-bond acceptors (Lipinski definition) is 0. The van der Waals surface area contributed by atoms with Crippen molar-refractivity contribution in [1.82, 2.24) is 0 Å². The molecule has 5 aromatic carbocycles. The Hall–Kier alpha value is -3.31. The van der Waals surface area contributed by atoms with Crippen molar-refractivity contribution in [2.75, 3.05) is 0 Å². The molecule has 0 heterocycles. The van der Waals surface area contributed by atoms with E-state index in [0.29, 0.717) is 22.2 Å². The molecule has 0 amide bonds. The molecule has 0 spiro atoms. The van der Waals surface area contributed by atoms with Gasteiger partial charge in [-0.15, -0.1) is 11.1 Å². The minimum absolute atomic E-state index is 0.634. The van der Waals surface area contributed by atoms with E-state index in [0.717, 1.165) is 11.1 Å². The summed E-state index contributed by atoms with van der Waals surface area (Å²) in [6, 6.07) is 19.2. The first kappa shape index (κ1) is 35.1. The molecular weight excluding hydrogens is 633 g/mol. The molecule has 2 aliphatic carbocycles. The minimum Gasteiger partial charge on any atom is -0.125 e. The molecule has 258 valence electrons. The summed E-state index contributed by atoms with van der Waals surface area (Å²) < 4.78 is 0. The molecule has 7 rings (SSSR count). The second-order valence-electron chi connectivity index (χ2n) is 17.6. The van der Waals surface area contributed by atoms with Gasteiger partial charge in [0.1, 0.15) is 16.1 Å². The highest BCUT2D eigenvalue weighted by molar-refractivity contribution is 6.92. The average molecular weight is 691 g/mol. The fourth-order valence-corrected chi connectivity index (χ4v) is 21.1. The van der Waals surface area contributed by atoms with Crippen molar-refractivity contribution in [3.63, 3.8) is 0 Å². The molecule has 0 saturated heterocycles. The van der Waals surface area contributed by atoms with Gasteiger partial charge in [-0.25, -0.2) is 0 Å². The van der Waals surface area contributed by atoms with Gasteiger partial charge in [0.15, 0.2) is 0 Å². The first-order valence-corrected chi connectivity index (χ1v) is 24.1. The lowest BCUT2D eigenvalue weighted by Gasteiger charge is -2.34. The van der Waals surface area contributed by atoms with Crippen LogP contribution in [-0.4, -0.2) is 16.1 Å². The molecular formula is C48H58Si2. The summed E-state index contributed by atoms with van der Waals surface area (Å²) in [5.41, 5.74) is 20.4. The number of hydrogen-bond donors (Lipinski definition) is 0. The van der Waals surface area contributed by atoms with E-state index in [1.54, 1.807) is 0 Å². The molecule has 0 aromatic heterocycles. The SMILES string of the molecule is Cc1ccc(C)c2cc3c(C#C[Si](C(C)C)(C(C)C)C4CC4)c4cc5c(C)ccc(C)c5cc4c(C#C[Si](C(C)C)(C(C)C)C4CC4)c3cc12. The highest BCUT2D eigenvalue weighted by atomic mass is 28.3. The monoisotopic (exact) mass is 690 g/mol. The second kappa shape index (κ2) is 12.7. The number of rotatable bonds is 6. The van der Waals surface area contributed by atoms with E-state index in [1.807, 2.05) is 0 Å². The van der Waals surface area contributed by atoms with E-state index in [4.69, 9.17) is 0 Å². The Labute approximate surface area is 304 Å². The van der Waals surface area contributed by atoms with Crippen LogP contribution in [0.2, 0.25) is 33.2 Å². The summed E-state index contributed by atoms with van der Waals surface area (Å²) in [6.45, 7) is 28.8. The van der Waals surface area contributed by atoms with Crippen LogP contribution in [0, 0.1) is 50.6 Å². The zero-order chi connectivity index (χ0) is 35.9. The van der Waals surface area contributed by atoms with Crippen molar-refractivity contribution in [2.24, 2.45) is 0 Å². The normalized spacial score (nSPS) is 15.5. The van der Waals surface area contributed by atoms with E-state index in [-0.39, 0.29) is 0 Å². The third-order valence-electron chi connectivity index (χ3n) is 13.4. The van der Waals surface area contributed by atoms with Crippen LogP contribution in [0.1, 0.15) is 114 Å². The Bertz CT molecular complexity index is 2000. The standard InChI is InChI=1S/C48H58Si2/c1-29(2)49(30(3)4,37-17-18-37)23-21-39-45-25-41-33(9)13-15-35(11)43(41)27-47(45)40(22-24-50(31(5)6,32(7)8)38-19-20-38)48-28-44-36(12)16-14-34(10)42(44)26-46(39)48/h13-16,25-32,37-38H,17-20H2,1-12H3. The minimum atomic E-state index is -1.89. The first-order chi connectivity index (χ1) is 23.7. The van der Waals surface area contributed by atoms with E-state index in [1.165, 1.54) is 102 Å². The molecule has 2 saturated carbocycles. The van der Waals surface area contributed by atoms with Gasteiger partial charge < -0.3 is 0 Å². The topological polar surface area (TPSA) is 0 Å². The van der Waals surface area contributed by atoms with Crippen molar-refractivity contribution < 1.29 is 0 Å². The Balaban J connectivity index is 1.69. The molecule has 0 unspecified atom stereocenters. The van der Waals surface area contributed by atoms with Gasteiger partial charge in [-0.05, 0) is 151 Å². The van der Waals surface area contributed by atoms with Crippen LogP contribution in [0.3, 0.4) is 0 Å². The lowest BCUT2D eigenvalue weighted by Crippen LogP contribution is -2.40. The lowest BCUT2D eigenvalue weighted by atomic mass is 9.86. The summed E-state index contributed by atoms with van der Waals surface area (Å²) in [4.78, 5) is 0. The lowest BCUT2D eigenvalue weighted by molar-refractivity contribution is 0.891. The number of aryl methyl sites for hydroxylation is 4. The van der Waals surface area contributed by atoms with E-state index in [9.17, 15) is 0 Å². The molecule has 0 atom stereocenters. The molecule has 0 bridgehead atoms. The van der Waals surface area contributed by atoms with Gasteiger partial charge in [0.05, 0.1) is 0 Å². The van der Waals surface area contributed by atoms with Gasteiger partial charge in [-0.3, -0.25) is 0 Å². The van der Waals surface area contributed by atoms with Crippen LogP contribution < -0.4 is 0 Å². The Kier molecular flexibility index (Phi) is 8.94. The maximum atomic E-state index is 4.23. The zero-order valence-corrected chi connectivity index (χ0v) is 34.9. The molecule has 0 aliphatic heterocycles. The predicted molar refractivity (Wildman–Crippen MR) is 227 cm³/mol. The van der Waals surface area contributed by atoms with Gasteiger partial charge in [0.25, 0.3) is 0 Å².